The van der Waals surface area contributed by atoms with Gasteiger partial charge in [-0.1, -0.05) is 17.4 Å². The first-order valence-corrected chi connectivity index (χ1v) is 7.61. The molecule has 2 aromatic heterocycles. The van der Waals surface area contributed by atoms with Crippen molar-refractivity contribution < 1.29 is 5.11 Å². The van der Waals surface area contributed by atoms with Gasteiger partial charge in [0.2, 0.25) is 0 Å². The van der Waals surface area contributed by atoms with Gasteiger partial charge in [0, 0.05) is 37.0 Å². The van der Waals surface area contributed by atoms with Gasteiger partial charge in [-0.15, -0.1) is 12.4 Å². The number of fused-ring (bicyclic) bond motifs is 1. The van der Waals surface area contributed by atoms with Crippen LogP contribution in [0.2, 0.25) is 0 Å². The minimum absolute atomic E-state index is 0. The zero-order valence-corrected chi connectivity index (χ0v) is 14.3. The molecule has 0 aliphatic rings. The Hall–Kier alpha value is -1.85. The van der Waals surface area contributed by atoms with E-state index in [4.69, 9.17) is 0 Å². The molecule has 2 heterocycles. The second-order valence-corrected chi connectivity index (χ2v) is 6.06. The molecule has 0 saturated carbocycles. The van der Waals surface area contributed by atoms with Crippen LogP contribution in [-0.2, 0) is 6.42 Å². The van der Waals surface area contributed by atoms with Gasteiger partial charge in [0.1, 0.15) is 5.75 Å². The van der Waals surface area contributed by atoms with E-state index in [1.807, 2.05) is 39.2 Å². The summed E-state index contributed by atoms with van der Waals surface area (Å²) >= 11 is 1.57. The summed E-state index contributed by atoms with van der Waals surface area (Å²) in [5.74, 6) is 0.371. The number of hydrogen-bond donors (Lipinski definition) is 2. The smallest absolute Gasteiger partial charge is 0.183 e. The van der Waals surface area contributed by atoms with E-state index < -0.39 is 0 Å². The molecule has 0 aliphatic heterocycles. The van der Waals surface area contributed by atoms with Gasteiger partial charge in [0.25, 0.3) is 0 Å². The van der Waals surface area contributed by atoms with Crippen molar-refractivity contribution in [2.24, 2.45) is 0 Å². The normalized spacial score (nSPS) is 10.5. The van der Waals surface area contributed by atoms with Crippen molar-refractivity contribution >= 4 is 39.1 Å². The molecule has 0 aliphatic carbocycles. The van der Waals surface area contributed by atoms with Crippen LogP contribution in [-0.4, -0.2) is 22.1 Å². The van der Waals surface area contributed by atoms with E-state index in [-0.39, 0.29) is 12.4 Å². The summed E-state index contributed by atoms with van der Waals surface area (Å²) in [6, 6.07) is 3.93. The van der Waals surface area contributed by atoms with Crippen LogP contribution in [0.4, 0.5) is 5.13 Å². The maximum atomic E-state index is 10.6. The third-order valence-electron chi connectivity index (χ3n) is 3.73. The number of hydrogen-bond acceptors (Lipinski definition) is 5. The Morgan fingerprint density at radius 2 is 2.05 bits per heavy atom. The number of aromatic nitrogens is 2. The number of phenolic OH excluding ortho intramolecular Hbond substituents is 1. The van der Waals surface area contributed by atoms with Crippen molar-refractivity contribution in [1.29, 1.82) is 0 Å². The Balaban J connectivity index is 0.00000176. The molecule has 22 heavy (non-hydrogen) atoms. The first kappa shape index (κ1) is 16.5. The number of nitrogens with zero attached hydrogens (tertiary/aromatic N) is 2. The summed E-state index contributed by atoms with van der Waals surface area (Å²) in [5, 5.41) is 14.5. The van der Waals surface area contributed by atoms with Gasteiger partial charge in [-0.3, -0.25) is 4.98 Å². The van der Waals surface area contributed by atoms with Gasteiger partial charge in [-0.05, 0) is 31.0 Å². The summed E-state index contributed by atoms with van der Waals surface area (Å²) < 4.78 is 1.05. The first-order chi connectivity index (χ1) is 10.1. The molecule has 4 nitrogen and oxygen atoms in total. The molecule has 6 heteroatoms. The van der Waals surface area contributed by atoms with Crippen LogP contribution in [0.15, 0.2) is 24.5 Å². The van der Waals surface area contributed by atoms with E-state index >= 15 is 0 Å². The van der Waals surface area contributed by atoms with E-state index in [1.165, 1.54) is 0 Å². The number of nitrogens with one attached hydrogen (secondary N) is 1. The maximum absolute atomic E-state index is 10.6. The van der Waals surface area contributed by atoms with Gasteiger partial charge >= 0.3 is 0 Å². The van der Waals surface area contributed by atoms with Crippen molar-refractivity contribution in [3.05, 3.63) is 46.8 Å². The summed E-state index contributed by atoms with van der Waals surface area (Å²) in [6.07, 6.45) is 4.25. The third-order valence-corrected chi connectivity index (χ3v) is 4.93. The van der Waals surface area contributed by atoms with Crippen LogP contribution < -0.4 is 5.32 Å². The molecule has 1 aromatic carbocycles. The molecular formula is C16H18ClN3OS. The summed E-state index contributed by atoms with van der Waals surface area (Å²) in [7, 11) is 1.86. The van der Waals surface area contributed by atoms with Crippen molar-refractivity contribution in [2.75, 3.05) is 12.4 Å². The molecule has 2 N–H and O–H groups in total. The minimum atomic E-state index is 0. The highest BCUT2D eigenvalue weighted by Gasteiger charge is 2.18. The highest BCUT2D eigenvalue weighted by Crippen LogP contribution is 2.39. The largest absolute Gasteiger partial charge is 0.507 e. The number of benzene rings is 1. The van der Waals surface area contributed by atoms with Crippen LogP contribution in [0.1, 0.15) is 22.3 Å². The first-order valence-electron chi connectivity index (χ1n) is 6.80. The third kappa shape index (κ3) is 2.74. The standard InChI is InChI=1S/C16H17N3OS.ClH/c1-9-12(7-11-5-4-6-18-8-11)14(20)10(2)15-13(9)19-16(17-3)21-15;/h4-6,8,20H,7H2,1-3H3,(H,17,19);1H. The highest BCUT2D eigenvalue weighted by atomic mass is 35.5. The SMILES string of the molecule is CNc1nc2c(C)c(Cc3cccnc3)c(O)c(C)c2s1.Cl. The van der Waals surface area contributed by atoms with E-state index in [0.29, 0.717) is 12.2 Å². The van der Waals surface area contributed by atoms with E-state index in [1.54, 1.807) is 17.5 Å². The fourth-order valence-electron chi connectivity index (χ4n) is 2.51. The van der Waals surface area contributed by atoms with Gasteiger partial charge in [0.05, 0.1) is 10.2 Å². The van der Waals surface area contributed by atoms with Crippen molar-refractivity contribution in [2.45, 2.75) is 20.3 Å². The maximum Gasteiger partial charge on any atom is 0.183 e. The monoisotopic (exact) mass is 335 g/mol. The lowest BCUT2D eigenvalue weighted by atomic mass is 9.97. The van der Waals surface area contributed by atoms with E-state index in [2.05, 4.69) is 15.3 Å². The molecule has 0 bridgehead atoms. The molecule has 116 valence electrons. The number of aromatic hydroxyl groups is 1. The van der Waals surface area contributed by atoms with Crippen molar-refractivity contribution in [3.8, 4) is 5.75 Å². The quantitative estimate of drug-likeness (QED) is 0.757. The number of anilines is 1. The molecule has 0 spiro atoms. The van der Waals surface area contributed by atoms with Gasteiger partial charge in [-0.25, -0.2) is 4.98 Å². The van der Waals surface area contributed by atoms with Crippen LogP contribution >= 0.6 is 23.7 Å². The number of halogens is 1. The molecule has 0 amide bonds. The van der Waals surface area contributed by atoms with E-state index in [9.17, 15) is 5.11 Å². The molecule has 0 atom stereocenters. The molecular weight excluding hydrogens is 318 g/mol. The van der Waals surface area contributed by atoms with Crippen LogP contribution in [0, 0.1) is 13.8 Å². The molecule has 3 rings (SSSR count). The number of aryl methyl sites for hydroxylation is 2. The van der Waals surface area contributed by atoms with E-state index in [0.717, 1.165) is 37.6 Å². The van der Waals surface area contributed by atoms with Crippen LogP contribution in [0.3, 0.4) is 0 Å². The lowest BCUT2D eigenvalue weighted by Gasteiger charge is -2.12. The topological polar surface area (TPSA) is 58.0 Å². The summed E-state index contributed by atoms with van der Waals surface area (Å²) in [5.41, 5.74) is 4.92. The Labute approximate surface area is 139 Å². The fourth-order valence-corrected chi connectivity index (χ4v) is 3.49. The number of rotatable bonds is 3. The minimum Gasteiger partial charge on any atom is -0.507 e. The number of pyridine rings is 1. The lowest BCUT2D eigenvalue weighted by Crippen LogP contribution is -1.96. The molecule has 0 unspecified atom stereocenters. The van der Waals surface area contributed by atoms with Crippen LogP contribution in [0.25, 0.3) is 10.2 Å². The molecule has 3 aromatic rings. The molecule has 0 fully saturated rings. The van der Waals surface area contributed by atoms with Gasteiger partial charge in [-0.2, -0.15) is 0 Å². The highest BCUT2D eigenvalue weighted by molar-refractivity contribution is 7.22. The fraction of sp³-hybridized carbons (Fsp3) is 0.250. The summed E-state index contributed by atoms with van der Waals surface area (Å²) in [6.45, 7) is 3.97. The lowest BCUT2D eigenvalue weighted by molar-refractivity contribution is 0.466. The predicted molar refractivity (Wildman–Crippen MR) is 94.6 cm³/mol. The summed E-state index contributed by atoms with van der Waals surface area (Å²) in [4.78, 5) is 8.75. The van der Waals surface area contributed by atoms with Crippen molar-refractivity contribution in [1.82, 2.24) is 9.97 Å². The molecule has 0 radical (unpaired) electrons. The van der Waals surface area contributed by atoms with Gasteiger partial charge < -0.3 is 10.4 Å². The second-order valence-electron chi connectivity index (χ2n) is 5.06. The number of thiazole rings is 1. The Morgan fingerprint density at radius 1 is 1.27 bits per heavy atom. The Kier molecular flexibility index (Phi) is 4.88. The predicted octanol–water partition coefficient (Wildman–Crippen LogP) is 4.07. The Bertz CT molecular complexity index is 802. The number of phenols is 1. The Morgan fingerprint density at radius 3 is 2.68 bits per heavy atom. The second kappa shape index (κ2) is 6.50. The average Bonchev–Trinajstić information content (AvgIpc) is 2.95. The van der Waals surface area contributed by atoms with Gasteiger partial charge in [0.15, 0.2) is 5.13 Å². The zero-order chi connectivity index (χ0) is 15.0. The van der Waals surface area contributed by atoms with Crippen LogP contribution in [0.5, 0.6) is 5.75 Å². The van der Waals surface area contributed by atoms with Crippen molar-refractivity contribution in [3.63, 3.8) is 0 Å². The zero-order valence-electron chi connectivity index (χ0n) is 12.7. The average molecular weight is 336 g/mol. The molecule has 0 saturated heterocycles.